The SMILES string of the molecule is Cc1ccc(-c2nc3ccc(C4=NNC(=O)CC4(C)C)cc3o2)s1. The van der Waals surface area contributed by atoms with E-state index < -0.39 is 0 Å². The van der Waals surface area contributed by atoms with Crippen LogP contribution < -0.4 is 5.43 Å². The van der Waals surface area contributed by atoms with Crippen LogP contribution in [0.5, 0.6) is 0 Å². The summed E-state index contributed by atoms with van der Waals surface area (Å²) in [5.41, 5.74) is 5.60. The number of aryl methyl sites for hydroxylation is 1. The molecule has 6 heteroatoms. The van der Waals surface area contributed by atoms with Gasteiger partial charge >= 0.3 is 0 Å². The van der Waals surface area contributed by atoms with Crippen molar-refractivity contribution < 1.29 is 9.21 Å². The molecule has 3 heterocycles. The minimum Gasteiger partial charge on any atom is -0.435 e. The van der Waals surface area contributed by atoms with Gasteiger partial charge in [0, 0.05) is 22.3 Å². The van der Waals surface area contributed by atoms with E-state index in [-0.39, 0.29) is 11.3 Å². The molecule has 24 heavy (non-hydrogen) atoms. The lowest BCUT2D eigenvalue weighted by molar-refractivity contribution is -0.122. The van der Waals surface area contributed by atoms with E-state index in [4.69, 9.17) is 4.42 Å². The van der Waals surface area contributed by atoms with E-state index in [2.05, 4.69) is 28.5 Å². The summed E-state index contributed by atoms with van der Waals surface area (Å²) >= 11 is 1.66. The average Bonchev–Trinajstić information content (AvgIpc) is 3.11. The molecule has 122 valence electrons. The number of nitrogens with one attached hydrogen (secondary N) is 1. The summed E-state index contributed by atoms with van der Waals surface area (Å²) in [5, 5.41) is 4.27. The number of nitrogens with zero attached hydrogens (tertiary/aromatic N) is 2. The lowest BCUT2D eigenvalue weighted by Crippen LogP contribution is -2.39. The number of amides is 1. The Morgan fingerprint density at radius 3 is 2.79 bits per heavy atom. The van der Waals surface area contributed by atoms with Gasteiger partial charge in [0.15, 0.2) is 5.58 Å². The molecule has 0 radical (unpaired) electrons. The van der Waals surface area contributed by atoms with Crippen molar-refractivity contribution in [2.75, 3.05) is 0 Å². The van der Waals surface area contributed by atoms with E-state index in [1.807, 2.05) is 38.1 Å². The molecule has 3 aromatic rings. The molecule has 4 rings (SSSR count). The van der Waals surface area contributed by atoms with Gasteiger partial charge in [-0.25, -0.2) is 10.4 Å². The number of hydrazone groups is 1. The molecule has 0 bridgehead atoms. The van der Waals surface area contributed by atoms with E-state index in [1.165, 1.54) is 4.88 Å². The molecule has 1 aliphatic rings. The summed E-state index contributed by atoms with van der Waals surface area (Å²) in [6.45, 7) is 6.11. The summed E-state index contributed by atoms with van der Waals surface area (Å²) in [7, 11) is 0. The highest BCUT2D eigenvalue weighted by Crippen LogP contribution is 2.33. The van der Waals surface area contributed by atoms with Crippen molar-refractivity contribution >= 4 is 34.1 Å². The Hall–Kier alpha value is -2.47. The van der Waals surface area contributed by atoms with Gasteiger partial charge < -0.3 is 4.42 Å². The fraction of sp³-hybridized carbons (Fsp3) is 0.278. The Labute approximate surface area is 143 Å². The minimum absolute atomic E-state index is 0.0557. The molecule has 0 saturated heterocycles. The highest BCUT2D eigenvalue weighted by molar-refractivity contribution is 7.15. The number of benzene rings is 1. The van der Waals surface area contributed by atoms with Gasteiger partial charge in [0.05, 0.1) is 10.6 Å². The van der Waals surface area contributed by atoms with Crippen molar-refractivity contribution in [1.29, 1.82) is 0 Å². The van der Waals surface area contributed by atoms with Gasteiger partial charge in [-0.15, -0.1) is 11.3 Å². The van der Waals surface area contributed by atoms with E-state index >= 15 is 0 Å². The second-order valence-corrected chi connectivity index (χ2v) is 7.96. The maximum absolute atomic E-state index is 11.6. The third kappa shape index (κ3) is 2.53. The number of carbonyl (C=O) groups excluding carboxylic acids is 1. The number of thiophene rings is 1. The Morgan fingerprint density at radius 2 is 2.08 bits per heavy atom. The van der Waals surface area contributed by atoms with Crippen LogP contribution in [-0.4, -0.2) is 16.6 Å². The molecule has 0 fully saturated rings. The number of fused-ring (bicyclic) bond motifs is 1. The van der Waals surface area contributed by atoms with Gasteiger partial charge in [-0.2, -0.15) is 5.10 Å². The van der Waals surface area contributed by atoms with E-state index in [0.717, 1.165) is 27.3 Å². The van der Waals surface area contributed by atoms with E-state index in [9.17, 15) is 4.79 Å². The van der Waals surface area contributed by atoms with Crippen molar-refractivity contribution in [3.8, 4) is 10.8 Å². The first kappa shape index (κ1) is 15.1. The van der Waals surface area contributed by atoms with Crippen LogP contribution in [0.25, 0.3) is 21.9 Å². The van der Waals surface area contributed by atoms with Crippen molar-refractivity contribution in [2.24, 2.45) is 10.5 Å². The third-order valence-electron chi connectivity index (χ3n) is 4.15. The number of hydrogen-bond donors (Lipinski definition) is 1. The van der Waals surface area contributed by atoms with Crippen molar-refractivity contribution in [1.82, 2.24) is 10.4 Å². The molecule has 0 saturated carbocycles. The van der Waals surface area contributed by atoms with Crippen LogP contribution in [0.2, 0.25) is 0 Å². The lowest BCUT2D eigenvalue weighted by Gasteiger charge is -2.29. The van der Waals surface area contributed by atoms with Gasteiger partial charge in [-0.05, 0) is 31.2 Å². The van der Waals surface area contributed by atoms with Crippen LogP contribution in [-0.2, 0) is 4.79 Å². The summed E-state index contributed by atoms with van der Waals surface area (Å²) < 4.78 is 5.95. The van der Waals surface area contributed by atoms with E-state index in [1.54, 1.807) is 11.3 Å². The highest BCUT2D eigenvalue weighted by Gasteiger charge is 2.33. The smallest absolute Gasteiger partial charge is 0.241 e. The zero-order valence-corrected chi connectivity index (χ0v) is 14.5. The minimum atomic E-state index is -0.316. The second kappa shape index (κ2) is 5.27. The number of oxazole rings is 1. The van der Waals surface area contributed by atoms with Crippen molar-refractivity contribution in [3.63, 3.8) is 0 Å². The first-order valence-electron chi connectivity index (χ1n) is 7.77. The Bertz CT molecular complexity index is 981. The molecule has 1 aliphatic heterocycles. The number of aromatic nitrogens is 1. The molecule has 1 amide bonds. The molecular formula is C18H17N3O2S. The summed E-state index contributed by atoms with van der Waals surface area (Å²) in [4.78, 5) is 18.4. The van der Waals surface area contributed by atoms with Crippen LogP contribution in [0.3, 0.4) is 0 Å². The largest absolute Gasteiger partial charge is 0.435 e. The molecular weight excluding hydrogens is 322 g/mol. The maximum Gasteiger partial charge on any atom is 0.241 e. The first-order valence-corrected chi connectivity index (χ1v) is 8.59. The summed E-state index contributed by atoms with van der Waals surface area (Å²) in [6, 6.07) is 9.95. The molecule has 0 spiro atoms. The standard InChI is InChI=1S/C18H17N3O2S/c1-10-4-7-14(24-10)17-19-12-6-5-11(8-13(12)23-17)16-18(2,3)9-15(22)20-21-16/h4-8H,9H2,1-3H3,(H,20,22). The molecule has 0 atom stereocenters. The predicted molar refractivity (Wildman–Crippen MR) is 95.1 cm³/mol. The monoisotopic (exact) mass is 339 g/mol. The Balaban J connectivity index is 1.77. The highest BCUT2D eigenvalue weighted by atomic mass is 32.1. The van der Waals surface area contributed by atoms with Gasteiger partial charge in [0.1, 0.15) is 5.52 Å². The summed E-state index contributed by atoms with van der Waals surface area (Å²) in [5.74, 6) is 0.582. The lowest BCUT2D eigenvalue weighted by atomic mass is 9.79. The van der Waals surface area contributed by atoms with Crippen LogP contribution in [0, 0.1) is 12.3 Å². The molecule has 1 aromatic carbocycles. The molecule has 5 nitrogen and oxygen atoms in total. The van der Waals surface area contributed by atoms with Crippen LogP contribution >= 0.6 is 11.3 Å². The quantitative estimate of drug-likeness (QED) is 0.764. The average molecular weight is 339 g/mol. The molecule has 0 aliphatic carbocycles. The first-order chi connectivity index (χ1) is 11.4. The topological polar surface area (TPSA) is 67.5 Å². The maximum atomic E-state index is 11.6. The van der Waals surface area contributed by atoms with Gasteiger partial charge in [0.2, 0.25) is 11.8 Å². The zero-order chi connectivity index (χ0) is 16.9. The fourth-order valence-electron chi connectivity index (χ4n) is 2.98. The zero-order valence-electron chi connectivity index (χ0n) is 13.7. The van der Waals surface area contributed by atoms with Crippen LogP contribution in [0.4, 0.5) is 0 Å². The molecule has 2 aromatic heterocycles. The van der Waals surface area contributed by atoms with Gasteiger partial charge in [-0.1, -0.05) is 19.9 Å². The number of rotatable bonds is 2. The normalized spacial score (nSPS) is 17.0. The van der Waals surface area contributed by atoms with Crippen molar-refractivity contribution in [3.05, 3.63) is 40.8 Å². The molecule has 1 N–H and O–H groups in total. The molecule has 0 unspecified atom stereocenters. The fourth-order valence-corrected chi connectivity index (χ4v) is 3.77. The Morgan fingerprint density at radius 1 is 1.25 bits per heavy atom. The second-order valence-electron chi connectivity index (χ2n) is 6.67. The summed E-state index contributed by atoms with van der Waals surface area (Å²) in [6.07, 6.45) is 0.417. The van der Waals surface area contributed by atoms with Gasteiger partial charge in [0.25, 0.3) is 0 Å². The number of hydrogen-bond acceptors (Lipinski definition) is 5. The van der Waals surface area contributed by atoms with Crippen LogP contribution in [0.15, 0.2) is 39.9 Å². The van der Waals surface area contributed by atoms with Crippen LogP contribution in [0.1, 0.15) is 30.7 Å². The van der Waals surface area contributed by atoms with E-state index in [0.29, 0.717) is 12.3 Å². The number of carbonyl (C=O) groups is 1. The van der Waals surface area contributed by atoms with Crippen molar-refractivity contribution in [2.45, 2.75) is 27.2 Å². The Kier molecular flexibility index (Phi) is 3.31. The van der Waals surface area contributed by atoms with Gasteiger partial charge in [-0.3, -0.25) is 4.79 Å². The predicted octanol–water partition coefficient (Wildman–Crippen LogP) is 4.11. The third-order valence-corrected chi connectivity index (χ3v) is 5.14.